The van der Waals surface area contributed by atoms with E-state index in [0.717, 1.165) is 5.56 Å². The maximum absolute atomic E-state index is 12.6. The zero-order valence-electron chi connectivity index (χ0n) is 16.3. The van der Waals surface area contributed by atoms with Crippen LogP contribution in [0.4, 0.5) is 5.69 Å². The van der Waals surface area contributed by atoms with Gasteiger partial charge in [0.1, 0.15) is 5.75 Å². The summed E-state index contributed by atoms with van der Waals surface area (Å²) < 4.78 is 38.3. The van der Waals surface area contributed by atoms with Crippen molar-refractivity contribution in [3.8, 4) is 5.75 Å². The Morgan fingerprint density at radius 1 is 1.17 bits per heavy atom. The number of ether oxygens (including phenoxy) is 1. The summed E-state index contributed by atoms with van der Waals surface area (Å²) in [5.74, 6) is 1.80. The zero-order chi connectivity index (χ0) is 21.0. The Bertz CT molecular complexity index is 1080. The van der Waals surface area contributed by atoms with Gasteiger partial charge >= 0.3 is 0 Å². The van der Waals surface area contributed by atoms with Crippen molar-refractivity contribution in [3.05, 3.63) is 64.8 Å². The molecule has 0 aliphatic carbocycles. The van der Waals surface area contributed by atoms with E-state index in [4.69, 9.17) is 20.9 Å². The third-order valence-electron chi connectivity index (χ3n) is 4.06. The lowest BCUT2D eigenvalue weighted by molar-refractivity contribution is 0.340. The highest BCUT2D eigenvalue weighted by Gasteiger charge is 2.17. The molecule has 0 saturated heterocycles. The summed E-state index contributed by atoms with van der Waals surface area (Å²) in [6, 6.07) is 11.4. The standard InChI is InChI=1S/C20H22ClN3O4S/c1-4-27-18-10-9-16(12-17(18)21)29(25,26)24-15-7-5-14(6-8-15)11-19-22-20(13(2)3)28-23-19/h5-10,12-13,24H,4,11H2,1-3H3. The quantitative estimate of drug-likeness (QED) is 0.554. The van der Waals surface area contributed by atoms with Crippen molar-refractivity contribution in [2.45, 2.75) is 38.0 Å². The van der Waals surface area contributed by atoms with Gasteiger partial charge in [0.2, 0.25) is 5.89 Å². The first kappa shape index (κ1) is 21.1. The normalized spacial score (nSPS) is 11.6. The maximum Gasteiger partial charge on any atom is 0.261 e. The molecule has 9 heteroatoms. The van der Waals surface area contributed by atoms with E-state index in [1.54, 1.807) is 18.2 Å². The minimum atomic E-state index is -3.78. The Morgan fingerprint density at radius 2 is 1.90 bits per heavy atom. The first-order chi connectivity index (χ1) is 13.8. The van der Waals surface area contributed by atoms with Gasteiger partial charge in [0.15, 0.2) is 5.82 Å². The molecule has 0 amide bonds. The molecule has 0 atom stereocenters. The predicted molar refractivity (Wildman–Crippen MR) is 111 cm³/mol. The van der Waals surface area contributed by atoms with Gasteiger partial charge in [0.25, 0.3) is 10.0 Å². The van der Waals surface area contributed by atoms with Crippen molar-refractivity contribution in [1.82, 2.24) is 10.1 Å². The molecule has 2 aromatic carbocycles. The molecule has 0 spiro atoms. The Kier molecular flexibility index (Phi) is 6.44. The second kappa shape index (κ2) is 8.84. The van der Waals surface area contributed by atoms with Crippen molar-refractivity contribution >= 4 is 27.3 Å². The highest BCUT2D eigenvalue weighted by Crippen LogP contribution is 2.28. The third-order valence-corrected chi connectivity index (χ3v) is 5.73. The fourth-order valence-electron chi connectivity index (χ4n) is 2.58. The van der Waals surface area contributed by atoms with Crippen LogP contribution in [0.25, 0.3) is 0 Å². The third kappa shape index (κ3) is 5.27. The number of halogens is 1. The molecule has 1 heterocycles. The summed E-state index contributed by atoms with van der Waals surface area (Å²) in [5, 5.41) is 4.20. The van der Waals surface area contributed by atoms with Crippen LogP contribution in [-0.4, -0.2) is 25.2 Å². The van der Waals surface area contributed by atoms with E-state index < -0.39 is 10.0 Å². The molecule has 154 valence electrons. The van der Waals surface area contributed by atoms with Crippen LogP contribution in [-0.2, 0) is 16.4 Å². The van der Waals surface area contributed by atoms with Gasteiger partial charge in [0.05, 0.1) is 16.5 Å². The summed E-state index contributed by atoms with van der Waals surface area (Å²) in [4.78, 5) is 4.40. The number of hydrogen-bond donors (Lipinski definition) is 1. The van der Waals surface area contributed by atoms with Gasteiger partial charge in [-0.3, -0.25) is 4.72 Å². The molecule has 1 N–H and O–H groups in total. The van der Waals surface area contributed by atoms with E-state index >= 15 is 0 Å². The Balaban J connectivity index is 1.70. The van der Waals surface area contributed by atoms with Crippen molar-refractivity contribution in [3.63, 3.8) is 0 Å². The lowest BCUT2D eigenvalue weighted by Gasteiger charge is -2.11. The maximum atomic E-state index is 12.6. The van der Waals surface area contributed by atoms with E-state index in [-0.39, 0.29) is 15.8 Å². The van der Waals surface area contributed by atoms with Gasteiger partial charge in [-0.15, -0.1) is 0 Å². The van der Waals surface area contributed by atoms with E-state index in [1.165, 1.54) is 12.1 Å². The average molecular weight is 436 g/mol. The number of nitrogens with one attached hydrogen (secondary N) is 1. The van der Waals surface area contributed by atoms with Crippen LogP contribution < -0.4 is 9.46 Å². The molecule has 0 bridgehead atoms. The molecule has 0 radical (unpaired) electrons. The van der Waals surface area contributed by atoms with Crippen LogP contribution >= 0.6 is 11.6 Å². The molecular formula is C20H22ClN3O4S. The molecule has 0 fully saturated rings. The van der Waals surface area contributed by atoms with E-state index in [0.29, 0.717) is 36.2 Å². The smallest absolute Gasteiger partial charge is 0.261 e. The van der Waals surface area contributed by atoms with Gasteiger partial charge in [-0.05, 0) is 42.8 Å². The second-order valence-corrected chi connectivity index (χ2v) is 8.80. The number of aromatic nitrogens is 2. The molecule has 29 heavy (non-hydrogen) atoms. The van der Waals surface area contributed by atoms with E-state index in [2.05, 4.69) is 14.9 Å². The summed E-state index contributed by atoms with van der Waals surface area (Å²) >= 11 is 6.10. The summed E-state index contributed by atoms with van der Waals surface area (Å²) in [6.45, 7) is 6.23. The van der Waals surface area contributed by atoms with E-state index in [1.807, 2.05) is 32.9 Å². The number of benzene rings is 2. The summed E-state index contributed by atoms with van der Waals surface area (Å²) in [6.07, 6.45) is 0.498. The zero-order valence-corrected chi connectivity index (χ0v) is 17.9. The Morgan fingerprint density at radius 3 is 2.48 bits per heavy atom. The summed E-state index contributed by atoms with van der Waals surface area (Å²) in [7, 11) is -3.78. The predicted octanol–water partition coefficient (Wildman–Crippen LogP) is 4.64. The molecule has 0 unspecified atom stereocenters. The fourth-order valence-corrected chi connectivity index (χ4v) is 3.97. The minimum Gasteiger partial charge on any atom is -0.492 e. The molecule has 3 aromatic rings. The van der Waals surface area contributed by atoms with Crippen LogP contribution in [0.1, 0.15) is 44.0 Å². The van der Waals surface area contributed by atoms with Crippen LogP contribution in [0.3, 0.4) is 0 Å². The lowest BCUT2D eigenvalue weighted by Crippen LogP contribution is -2.13. The van der Waals surface area contributed by atoms with Crippen LogP contribution in [0.5, 0.6) is 5.75 Å². The molecule has 1 aromatic heterocycles. The number of rotatable bonds is 8. The summed E-state index contributed by atoms with van der Waals surface area (Å²) in [5.41, 5.74) is 1.38. The Hall–Kier alpha value is -2.58. The number of anilines is 1. The van der Waals surface area contributed by atoms with Crippen molar-refractivity contribution in [1.29, 1.82) is 0 Å². The molecule has 0 aliphatic rings. The SMILES string of the molecule is CCOc1ccc(S(=O)(=O)Nc2ccc(Cc3noc(C(C)C)n3)cc2)cc1Cl. The average Bonchev–Trinajstić information content (AvgIpc) is 3.14. The first-order valence-electron chi connectivity index (χ1n) is 9.15. The number of sulfonamides is 1. The topological polar surface area (TPSA) is 94.3 Å². The van der Waals surface area contributed by atoms with Gasteiger partial charge < -0.3 is 9.26 Å². The van der Waals surface area contributed by atoms with Crippen molar-refractivity contribution in [2.75, 3.05) is 11.3 Å². The van der Waals surface area contributed by atoms with Crippen molar-refractivity contribution in [2.24, 2.45) is 0 Å². The van der Waals surface area contributed by atoms with Crippen LogP contribution in [0.15, 0.2) is 51.9 Å². The number of nitrogens with zero attached hydrogens (tertiary/aromatic N) is 2. The van der Waals surface area contributed by atoms with Gasteiger partial charge in [-0.1, -0.05) is 42.7 Å². The van der Waals surface area contributed by atoms with E-state index in [9.17, 15) is 8.42 Å². The monoisotopic (exact) mass is 435 g/mol. The largest absolute Gasteiger partial charge is 0.492 e. The van der Waals surface area contributed by atoms with Crippen molar-refractivity contribution < 1.29 is 17.7 Å². The fraction of sp³-hybridized carbons (Fsp3) is 0.300. The molecule has 0 aliphatic heterocycles. The van der Waals surface area contributed by atoms with Gasteiger partial charge in [-0.2, -0.15) is 4.98 Å². The molecular weight excluding hydrogens is 414 g/mol. The first-order valence-corrected chi connectivity index (χ1v) is 11.0. The second-order valence-electron chi connectivity index (χ2n) is 6.71. The molecule has 7 nitrogen and oxygen atoms in total. The Labute approximate surface area is 175 Å². The minimum absolute atomic E-state index is 0.0584. The number of hydrogen-bond acceptors (Lipinski definition) is 6. The highest BCUT2D eigenvalue weighted by molar-refractivity contribution is 7.92. The van der Waals surface area contributed by atoms with Crippen LogP contribution in [0, 0.1) is 0 Å². The lowest BCUT2D eigenvalue weighted by atomic mass is 10.1. The van der Waals surface area contributed by atoms with Gasteiger partial charge in [-0.25, -0.2) is 8.42 Å². The van der Waals surface area contributed by atoms with Gasteiger partial charge in [0, 0.05) is 18.0 Å². The highest BCUT2D eigenvalue weighted by atomic mass is 35.5. The molecule has 3 rings (SSSR count). The van der Waals surface area contributed by atoms with Crippen LogP contribution in [0.2, 0.25) is 5.02 Å². The molecule has 0 saturated carbocycles.